The Balaban J connectivity index is 1.41. The maximum absolute atomic E-state index is 12.3. The van der Waals surface area contributed by atoms with Gasteiger partial charge in [0.05, 0.1) is 10.7 Å². The van der Waals surface area contributed by atoms with Gasteiger partial charge >= 0.3 is 0 Å². The number of benzene rings is 2. The molecular formula is C29H32N6O2S. The minimum atomic E-state index is 0.0895. The zero-order valence-corrected chi connectivity index (χ0v) is 22.8. The van der Waals surface area contributed by atoms with Gasteiger partial charge in [0.25, 0.3) is 0 Å². The summed E-state index contributed by atoms with van der Waals surface area (Å²) >= 11 is 1.17. The van der Waals surface area contributed by atoms with Gasteiger partial charge in [0.2, 0.25) is 5.91 Å². The number of amides is 1. The second-order valence-corrected chi connectivity index (χ2v) is 11.2. The molecule has 3 aromatic rings. The van der Waals surface area contributed by atoms with Crippen molar-refractivity contribution in [1.82, 2.24) is 19.8 Å². The first-order valence-electron chi connectivity index (χ1n) is 12.8. The first-order valence-corrected chi connectivity index (χ1v) is 13.7. The Labute approximate surface area is 227 Å². The van der Waals surface area contributed by atoms with E-state index in [1.54, 1.807) is 0 Å². The average Bonchev–Trinajstić information content (AvgIpc) is 3.48. The first-order chi connectivity index (χ1) is 18.3. The molecule has 3 heterocycles. The van der Waals surface area contributed by atoms with E-state index < -0.39 is 0 Å². The molecule has 2 aliphatic heterocycles. The van der Waals surface area contributed by atoms with E-state index in [9.17, 15) is 4.79 Å². The van der Waals surface area contributed by atoms with E-state index in [4.69, 9.17) is 20.5 Å². The molecule has 38 heavy (non-hydrogen) atoms. The van der Waals surface area contributed by atoms with Crippen LogP contribution < -0.4 is 4.74 Å². The predicted octanol–water partition coefficient (Wildman–Crippen LogP) is 5.70. The summed E-state index contributed by atoms with van der Waals surface area (Å²) in [5.74, 6) is 2.20. The Kier molecular flexibility index (Phi) is 7.58. The van der Waals surface area contributed by atoms with Crippen LogP contribution in [-0.4, -0.2) is 49.4 Å². The minimum absolute atomic E-state index is 0.0895. The third-order valence-corrected chi connectivity index (χ3v) is 7.88. The SMILES string of the molecule is CC(C)C(=N)SC(=N)c1ccc(Oc2cc(-c3ncc4c(n3)CN(C)C4)ccc2CN2CCCC2=O)cc1. The lowest BCUT2D eigenvalue weighted by Crippen LogP contribution is -2.24. The van der Waals surface area contributed by atoms with E-state index in [2.05, 4.69) is 16.9 Å². The highest BCUT2D eigenvalue weighted by molar-refractivity contribution is 8.26. The zero-order valence-electron chi connectivity index (χ0n) is 22.0. The number of rotatable bonds is 7. The topological polar surface area (TPSA) is 106 Å². The summed E-state index contributed by atoms with van der Waals surface area (Å²) in [6.45, 7) is 6.81. The molecule has 0 bridgehead atoms. The Hall–Kier alpha value is -3.56. The van der Waals surface area contributed by atoms with Gasteiger partial charge < -0.3 is 9.64 Å². The minimum Gasteiger partial charge on any atom is -0.457 e. The molecule has 1 amide bonds. The predicted molar refractivity (Wildman–Crippen MR) is 151 cm³/mol. The van der Waals surface area contributed by atoms with E-state index >= 15 is 0 Å². The quantitative estimate of drug-likeness (QED) is 0.301. The summed E-state index contributed by atoms with van der Waals surface area (Å²) in [4.78, 5) is 25.8. The Bertz CT molecular complexity index is 1390. The third-order valence-electron chi connectivity index (χ3n) is 6.75. The second kappa shape index (κ2) is 11.0. The number of carbonyl (C=O) groups is 1. The van der Waals surface area contributed by atoms with Crippen molar-refractivity contribution < 1.29 is 9.53 Å². The fourth-order valence-corrected chi connectivity index (χ4v) is 5.25. The lowest BCUT2D eigenvalue weighted by atomic mass is 10.1. The van der Waals surface area contributed by atoms with Crippen molar-refractivity contribution in [1.29, 1.82) is 10.8 Å². The number of carbonyl (C=O) groups excluding carboxylic acids is 1. The summed E-state index contributed by atoms with van der Waals surface area (Å²) in [5, 5.41) is 17.2. The van der Waals surface area contributed by atoms with Crippen molar-refractivity contribution in [3.63, 3.8) is 0 Å². The standard InChI is InChI=1S/C29H32N6O2S/c1-18(2)27(30)38-28(31)19-8-10-23(11-9-19)37-25-13-20(6-7-21(25)16-35-12-4-5-26(35)36)29-32-14-22-15-34(3)17-24(22)33-29/h6-11,13-14,18,30-31H,4-5,12,15-17H2,1-3H3. The van der Waals surface area contributed by atoms with Crippen LogP contribution in [0.5, 0.6) is 11.5 Å². The fourth-order valence-electron chi connectivity index (χ4n) is 4.54. The molecule has 1 aromatic heterocycles. The molecule has 1 fully saturated rings. The summed E-state index contributed by atoms with van der Waals surface area (Å²) in [7, 11) is 2.07. The molecule has 0 radical (unpaired) electrons. The number of likely N-dealkylation sites (tertiary alicyclic amines) is 1. The van der Waals surface area contributed by atoms with Crippen molar-refractivity contribution in [3.05, 3.63) is 71.0 Å². The molecule has 0 aliphatic carbocycles. The summed E-state index contributed by atoms with van der Waals surface area (Å²) < 4.78 is 6.36. The number of aromatic nitrogens is 2. The molecule has 9 heteroatoms. The highest BCUT2D eigenvalue weighted by atomic mass is 32.2. The molecule has 1 saturated heterocycles. The molecule has 8 nitrogen and oxygen atoms in total. The Morgan fingerprint density at radius 2 is 1.92 bits per heavy atom. The van der Waals surface area contributed by atoms with Gasteiger partial charge in [0.15, 0.2) is 5.82 Å². The summed E-state index contributed by atoms with van der Waals surface area (Å²) in [5.41, 5.74) is 4.72. The molecular weight excluding hydrogens is 496 g/mol. The molecule has 0 spiro atoms. The lowest BCUT2D eigenvalue weighted by Gasteiger charge is -2.19. The Morgan fingerprint density at radius 1 is 1.13 bits per heavy atom. The molecule has 5 rings (SSSR count). The maximum Gasteiger partial charge on any atom is 0.222 e. The summed E-state index contributed by atoms with van der Waals surface area (Å²) in [6.07, 6.45) is 3.37. The van der Waals surface area contributed by atoms with Gasteiger partial charge in [-0.05, 0) is 43.8 Å². The van der Waals surface area contributed by atoms with Gasteiger partial charge in [-0.15, -0.1) is 0 Å². The molecule has 2 N–H and O–H groups in total. The van der Waals surface area contributed by atoms with E-state index in [0.29, 0.717) is 40.4 Å². The Morgan fingerprint density at radius 3 is 2.63 bits per heavy atom. The van der Waals surface area contributed by atoms with E-state index in [0.717, 1.165) is 54.0 Å². The number of hydrogen-bond acceptors (Lipinski definition) is 8. The monoisotopic (exact) mass is 528 g/mol. The highest BCUT2D eigenvalue weighted by Gasteiger charge is 2.23. The van der Waals surface area contributed by atoms with Crippen LogP contribution in [0.3, 0.4) is 0 Å². The molecule has 196 valence electrons. The zero-order chi connectivity index (χ0) is 26.8. The number of thioether (sulfide) groups is 1. The van der Waals surface area contributed by atoms with E-state index in [1.165, 1.54) is 11.8 Å². The highest BCUT2D eigenvalue weighted by Crippen LogP contribution is 2.33. The van der Waals surface area contributed by atoms with Gasteiger partial charge in [-0.2, -0.15) is 0 Å². The van der Waals surface area contributed by atoms with Gasteiger partial charge in [-0.25, -0.2) is 9.97 Å². The lowest BCUT2D eigenvalue weighted by molar-refractivity contribution is -0.128. The van der Waals surface area contributed by atoms with Gasteiger partial charge in [0, 0.05) is 67.0 Å². The largest absolute Gasteiger partial charge is 0.457 e. The van der Waals surface area contributed by atoms with Crippen LogP contribution in [0.25, 0.3) is 11.4 Å². The van der Waals surface area contributed by atoms with Crippen LogP contribution in [0, 0.1) is 16.7 Å². The molecule has 2 aromatic carbocycles. The van der Waals surface area contributed by atoms with E-state index in [1.807, 2.05) is 67.4 Å². The number of hydrogen-bond donors (Lipinski definition) is 2. The maximum atomic E-state index is 12.3. The number of fused-ring (bicyclic) bond motifs is 1. The molecule has 0 unspecified atom stereocenters. The summed E-state index contributed by atoms with van der Waals surface area (Å²) in [6, 6.07) is 13.3. The van der Waals surface area contributed by atoms with Crippen LogP contribution in [-0.2, 0) is 24.4 Å². The van der Waals surface area contributed by atoms with Gasteiger partial charge in [-0.1, -0.05) is 37.7 Å². The second-order valence-electron chi connectivity index (χ2n) is 10.2. The van der Waals surface area contributed by atoms with Crippen LogP contribution in [0.1, 0.15) is 49.1 Å². The number of ether oxygens (including phenoxy) is 1. The number of nitrogens with zero attached hydrogens (tertiary/aromatic N) is 4. The first kappa shape index (κ1) is 26.1. The average molecular weight is 529 g/mol. The number of nitrogens with one attached hydrogen (secondary N) is 2. The van der Waals surface area contributed by atoms with Crippen molar-refractivity contribution in [2.75, 3.05) is 13.6 Å². The van der Waals surface area contributed by atoms with Crippen LogP contribution in [0.2, 0.25) is 0 Å². The van der Waals surface area contributed by atoms with Gasteiger partial charge in [-0.3, -0.25) is 20.5 Å². The fraction of sp³-hybridized carbons (Fsp3) is 0.345. The normalized spacial score (nSPS) is 15.3. The van der Waals surface area contributed by atoms with Crippen molar-refractivity contribution in [2.24, 2.45) is 5.92 Å². The van der Waals surface area contributed by atoms with Crippen molar-refractivity contribution in [3.8, 4) is 22.9 Å². The van der Waals surface area contributed by atoms with Crippen molar-refractivity contribution >= 4 is 27.8 Å². The molecule has 0 atom stereocenters. The van der Waals surface area contributed by atoms with Crippen LogP contribution in [0.15, 0.2) is 48.7 Å². The van der Waals surface area contributed by atoms with Crippen LogP contribution in [0.4, 0.5) is 0 Å². The third kappa shape index (κ3) is 5.79. The smallest absolute Gasteiger partial charge is 0.222 e. The molecule has 0 saturated carbocycles. The van der Waals surface area contributed by atoms with E-state index in [-0.39, 0.29) is 11.8 Å². The van der Waals surface area contributed by atoms with Crippen LogP contribution >= 0.6 is 11.8 Å². The molecule has 2 aliphatic rings. The van der Waals surface area contributed by atoms with Gasteiger partial charge in [0.1, 0.15) is 16.5 Å². The van der Waals surface area contributed by atoms with Crippen molar-refractivity contribution in [2.45, 2.75) is 46.3 Å².